The van der Waals surface area contributed by atoms with Crippen molar-refractivity contribution in [1.29, 1.82) is 0 Å². The number of aromatic nitrogens is 1. The van der Waals surface area contributed by atoms with Gasteiger partial charge in [-0.1, -0.05) is 6.07 Å². The van der Waals surface area contributed by atoms with Gasteiger partial charge in [0.2, 0.25) is 0 Å². The van der Waals surface area contributed by atoms with E-state index in [-0.39, 0.29) is 5.70 Å². The van der Waals surface area contributed by atoms with Gasteiger partial charge in [-0.3, -0.25) is 9.59 Å². The first-order valence-corrected chi connectivity index (χ1v) is 9.06. The fraction of sp³-hybridized carbons (Fsp3) is 0.238. The zero-order valence-electron chi connectivity index (χ0n) is 17.0. The van der Waals surface area contributed by atoms with E-state index in [2.05, 4.69) is 10.1 Å². The van der Waals surface area contributed by atoms with Crippen LogP contribution in [0.1, 0.15) is 27.3 Å². The second kappa shape index (κ2) is 8.24. The molecule has 1 fully saturated rings. The van der Waals surface area contributed by atoms with Gasteiger partial charge in [0.05, 0.1) is 19.8 Å². The molecule has 156 valence electrons. The van der Waals surface area contributed by atoms with Gasteiger partial charge in [0, 0.05) is 17.1 Å². The van der Waals surface area contributed by atoms with Gasteiger partial charge in [0.25, 0.3) is 5.91 Å². The van der Waals surface area contributed by atoms with Crippen molar-refractivity contribution >= 4 is 30.0 Å². The Bertz CT molecular complexity index is 1080. The number of hydrogen-bond acceptors (Lipinski definition) is 6. The second-order valence-electron chi connectivity index (χ2n) is 6.66. The molecule has 0 saturated carbocycles. The summed E-state index contributed by atoms with van der Waals surface area (Å²) in [5, 5.41) is 2.48. The number of benzene rings is 1. The van der Waals surface area contributed by atoms with Gasteiger partial charge in [0.1, 0.15) is 12.2 Å². The molecule has 1 aromatic heterocycles. The van der Waals surface area contributed by atoms with Gasteiger partial charge in [0.15, 0.2) is 0 Å². The Balaban J connectivity index is 1.95. The van der Waals surface area contributed by atoms with E-state index in [1.165, 1.54) is 14.2 Å². The van der Waals surface area contributed by atoms with Crippen molar-refractivity contribution in [3.05, 3.63) is 58.5 Å². The van der Waals surface area contributed by atoms with E-state index in [0.29, 0.717) is 11.1 Å². The third-order valence-corrected chi connectivity index (χ3v) is 4.77. The minimum Gasteiger partial charge on any atom is -0.468 e. The number of carbonyl (C=O) groups is 4. The summed E-state index contributed by atoms with van der Waals surface area (Å²) >= 11 is 0. The highest BCUT2D eigenvalue weighted by Gasteiger charge is 2.35. The Kier molecular flexibility index (Phi) is 5.72. The summed E-state index contributed by atoms with van der Waals surface area (Å²) in [6, 6.07) is 8.15. The highest BCUT2D eigenvalue weighted by atomic mass is 16.5. The molecule has 0 spiro atoms. The molecule has 1 aliphatic heterocycles. The second-order valence-corrected chi connectivity index (χ2v) is 6.66. The Morgan fingerprint density at radius 3 is 2.50 bits per heavy atom. The predicted octanol–water partition coefficient (Wildman–Crippen LogP) is 1.95. The summed E-state index contributed by atoms with van der Waals surface area (Å²) in [7, 11) is 2.50. The summed E-state index contributed by atoms with van der Waals surface area (Å²) in [4.78, 5) is 48.6. The molecule has 0 aliphatic carbocycles. The molecule has 2 aromatic rings. The summed E-state index contributed by atoms with van der Waals surface area (Å²) in [5.74, 6) is -1.74. The topological polar surface area (TPSA) is 107 Å². The van der Waals surface area contributed by atoms with Gasteiger partial charge in [-0.25, -0.2) is 14.5 Å². The molecular formula is C21H21N3O6. The van der Waals surface area contributed by atoms with Crippen LogP contribution >= 0.6 is 0 Å². The van der Waals surface area contributed by atoms with Crippen LogP contribution in [0.25, 0.3) is 11.8 Å². The number of methoxy groups -OCH3 is 2. The van der Waals surface area contributed by atoms with Crippen LogP contribution in [0.5, 0.6) is 0 Å². The van der Waals surface area contributed by atoms with Crippen molar-refractivity contribution < 1.29 is 28.7 Å². The number of aryl methyl sites for hydroxylation is 1. The maximum absolute atomic E-state index is 12.5. The van der Waals surface area contributed by atoms with Gasteiger partial charge >= 0.3 is 18.0 Å². The van der Waals surface area contributed by atoms with Crippen LogP contribution < -0.4 is 5.32 Å². The van der Waals surface area contributed by atoms with Crippen molar-refractivity contribution in [3.63, 3.8) is 0 Å². The van der Waals surface area contributed by atoms with Crippen molar-refractivity contribution in [3.8, 4) is 5.69 Å². The number of amides is 3. The molecule has 1 saturated heterocycles. The minimum absolute atomic E-state index is 0.0625. The Morgan fingerprint density at radius 2 is 1.83 bits per heavy atom. The molecule has 1 aliphatic rings. The van der Waals surface area contributed by atoms with Crippen LogP contribution in [0.3, 0.4) is 0 Å². The van der Waals surface area contributed by atoms with Gasteiger partial charge < -0.3 is 19.4 Å². The zero-order valence-corrected chi connectivity index (χ0v) is 17.0. The van der Waals surface area contributed by atoms with Gasteiger partial charge in [-0.15, -0.1) is 0 Å². The maximum Gasteiger partial charge on any atom is 0.337 e. The van der Waals surface area contributed by atoms with Crippen LogP contribution in [0.2, 0.25) is 0 Å². The highest BCUT2D eigenvalue weighted by molar-refractivity contribution is 6.15. The average molecular weight is 411 g/mol. The van der Waals surface area contributed by atoms with E-state index < -0.39 is 30.4 Å². The summed E-state index contributed by atoms with van der Waals surface area (Å²) in [5.41, 5.74) is 3.61. The number of esters is 2. The van der Waals surface area contributed by atoms with E-state index in [1.807, 2.05) is 30.5 Å². The van der Waals surface area contributed by atoms with E-state index in [0.717, 1.165) is 22.0 Å². The van der Waals surface area contributed by atoms with E-state index in [4.69, 9.17) is 4.74 Å². The van der Waals surface area contributed by atoms with E-state index in [9.17, 15) is 19.2 Å². The van der Waals surface area contributed by atoms with Crippen molar-refractivity contribution in [2.75, 3.05) is 20.8 Å². The largest absolute Gasteiger partial charge is 0.468 e. The lowest BCUT2D eigenvalue weighted by atomic mass is 10.2. The fourth-order valence-corrected chi connectivity index (χ4v) is 3.29. The molecular weight excluding hydrogens is 390 g/mol. The van der Waals surface area contributed by atoms with E-state index >= 15 is 0 Å². The van der Waals surface area contributed by atoms with Crippen molar-refractivity contribution in [2.24, 2.45) is 0 Å². The number of carbonyl (C=O) groups excluding carboxylic acids is 4. The molecule has 30 heavy (non-hydrogen) atoms. The van der Waals surface area contributed by atoms with Crippen LogP contribution in [0.4, 0.5) is 4.79 Å². The third-order valence-electron chi connectivity index (χ3n) is 4.77. The molecule has 0 radical (unpaired) electrons. The standard InChI is InChI=1S/C21H21N3O6/c1-12-8-15(10-17-19(26)23(21(28)22-17)11-18(25)29-3)13(2)24(12)16-7-5-6-14(9-16)20(27)30-4/h5-10H,11H2,1-4H3,(H,22,28)/b17-10+. The molecule has 3 amide bonds. The fourth-order valence-electron chi connectivity index (χ4n) is 3.29. The van der Waals surface area contributed by atoms with Crippen LogP contribution in [-0.2, 0) is 19.1 Å². The summed E-state index contributed by atoms with van der Waals surface area (Å²) in [6.45, 7) is 3.29. The highest BCUT2D eigenvalue weighted by Crippen LogP contribution is 2.24. The molecule has 9 nitrogen and oxygen atoms in total. The maximum atomic E-state index is 12.5. The van der Waals surface area contributed by atoms with Crippen molar-refractivity contribution in [1.82, 2.24) is 14.8 Å². The quantitative estimate of drug-likeness (QED) is 0.458. The first kappa shape index (κ1) is 20.8. The molecule has 1 N–H and O–H groups in total. The van der Waals surface area contributed by atoms with Crippen LogP contribution in [0.15, 0.2) is 36.0 Å². The normalized spacial score (nSPS) is 14.8. The van der Waals surface area contributed by atoms with Crippen LogP contribution in [0, 0.1) is 13.8 Å². The summed E-state index contributed by atoms with van der Waals surface area (Å²) < 4.78 is 11.2. The first-order chi connectivity index (χ1) is 14.3. The smallest absolute Gasteiger partial charge is 0.337 e. The Hall–Kier alpha value is -3.88. The van der Waals surface area contributed by atoms with Gasteiger partial charge in [-0.2, -0.15) is 0 Å². The molecule has 0 bridgehead atoms. The van der Waals surface area contributed by atoms with Gasteiger partial charge in [-0.05, 0) is 49.8 Å². The first-order valence-electron chi connectivity index (χ1n) is 9.06. The average Bonchev–Trinajstić information content (AvgIpc) is 3.16. The number of imide groups is 1. The number of ether oxygens (including phenoxy) is 2. The third kappa shape index (κ3) is 3.82. The van der Waals surface area contributed by atoms with E-state index in [1.54, 1.807) is 24.3 Å². The molecule has 2 heterocycles. The lowest BCUT2D eigenvalue weighted by Crippen LogP contribution is -2.36. The molecule has 9 heteroatoms. The predicted molar refractivity (Wildman–Crippen MR) is 107 cm³/mol. The van der Waals surface area contributed by atoms with Crippen molar-refractivity contribution in [2.45, 2.75) is 13.8 Å². The molecule has 0 atom stereocenters. The molecule has 3 rings (SSSR count). The molecule has 0 unspecified atom stereocenters. The number of hydrogen-bond donors (Lipinski definition) is 1. The number of nitrogens with one attached hydrogen (secondary N) is 1. The zero-order chi connectivity index (χ0) is 22.0. The Morgan fingerprint density at radius 1 is 1.10 bits per heavy atom. The molecule has 1 aromatic carbocycles. The monoisotopic (exact) mass is 411 g/mol. The lowest BCUT2D eigenvalue weighted by molar-refractivity contribution is -0.143. The van der Waals surface area contributed by atoms with Crippen LogP contribution in [-0.4, -0.2) is 54.1 Å². The Labute approximate surface area is 172 Å². The summed E-state index contributed by atoms with van der Waals surface area (Å²) in [6.07, 6.45) is 1.56. The number of rotatable bonds is 5. The SMILES string of the molecule is COC(=O)CN1C(=O)N/C(=C/c2cc(C)n(-c3cccc(C(=O)OC)c3)c2C)C1=O. The minimum atomic E-state index is -0.691. The number of nitrogens with zero attached hydrogens (tertiary/aromatic N) is 2. The number of urea groups is 1. The lowest BCUT2D eigenvalue weighted by Gasteiger charge is -2.11.